The maximum absolute atomic E-state index is 13.1. The summed E-state index contributed by atoms with van der Waals surface area (Å²) in [5.41, 5.74) is 1.21. The minimum atomic E-state index is -1.16. The first-order chi connectivity index (χ1) is 15.1. The Morgan fingerprint density at radius 1 is 1.12 bits per heavy atom. The van der Waals surface area contributed by atoms with Gasteiger partial charge in [0, 0.05) is 8.95 Å². The van der Waals surface area contributed by atoms with Crippen LogP contribution in [0.3, 0.4) is 0 Å². The number of urea groups is 1. The van der Waals surface area contributed by atoms with Crippen molar-refractivity contribution in [3.8, 4) is 11.5 Å². The molecule has 4 amide bonds. The molecule has 1 heterocycles. The van der Waals surface area contributed by atoms with Gasteiger partial charge in [-0.3, -0.25) is 14.9 Å². The Morgan fingerprint density at radius 3 is 2.47 bits per heavy atom. The third-order valence-corrected chi connectivity index (χ3v) is 6.01. The van der Waals surface area contributed by atoms with Gasteiger partial charge in [0.05, 0.1) is 12.8 Å². The Balaban J connectivity index is 2.01. The molecule has 9 nitrogen and oxygen atoms in total. The van der Waals surface area contributed by atoms with Crippen molar-refractivity contribution >= 4 is 67.4 Å². The molecule has 3 rings (SSSR count). The van der Waals surface area contributed by atoms with E-state index in [2.05, 4.69) is 37.2 Å². The van der Waals surface area contributed by atoms with Crippen LogP contribution in [0.4, 0.5) is 10.5 Å². The SMILES string of the molecule is COc1cc(/C=C2\C(=O)NC(=O)N(c3ccc(Br)c(C)c3)C2=O)c(Br)cc1OCC(=O)O. The number of nitrogens with zero attached hydrogens (tertiary/aromatic N) is 1. The number of carboxylic acids is 1. The Labute approximate surface area is 199 Å². The van der Waals surface area contributed by atoms with Gasteiger partial charge >= 0.3 is 12.0 Å². The number of carbonyl (C=O) groups excluding carboxylic acids is 3. The molecule has 2 aromatic rings. The zero-order chi connectivity index (χ0) is 23.6. The van der Waals surface area contributed by atoms with E-state index in [0.717, 1.165) is 14.9 Å². The number of carboxylic acid groups (broad SMARTS) is 1. The number of rotatable bonds is 6. The second kappa shape index (κ2) is 9.53. The molecule has 0 saturated carbocycles. The maximum atomic E-state index is 13.1. The molecule has 2 N–H and O–H groups in total. The Kier molecular flexibility index (Phi) is 6.99. The number of hydrogen-bond acceptors (Lipinski definition) is 6. The van der Waals surface area contributed by atoms with E-state index in [1.54, 1.807) is 25.1 Å². The fourth-order valence-electron chi connectivity index (χ4n) is 2.89. The quantitative estimate of drug-likeness (QED) is 0.403. The van der Waals surface area contributed by atoms with Gasteiger partial charge < -0.3 is 14.6 Å². The molecule has 0 radical (unpaired) electrons. The second-order valence-electron chi connectivity index (χ2n) is 6.60. The van der Waals surface area contributed by atoms with Crippen LogP contribution in [0.2, 0.25) is 0 Å². The monoisotopic (exact) mass is 566 g/mol. The number of barbiturate groups is 1. The summed E-state index contributed by atoms with van der Waals surface area (Å²) in [5.74, 6) is -2.45. The molecule has 0 atom stereocenters. The van der Waals surface area contributed by atoms with E-state index in [4.69, 9.17) is 14.6 Å². The summed E-state index contributed by atoms with van der Waals surface area (Å²) in [6.07, 6.45) is 1.30. The number of aryl methyl sites for hydroxylation is 1. The van der Waals surface area contributed by atoms with E-state index in [0.29, 0.717) is 15.7 Å². The molecule has 0 unspecified atom stereocenters. The van der Waals surface area contributed by atoms with Crippen molar-refractivity contribution in [1.29, 1.82) is 0 Å². The molecule has 0 spiro atoms. The highest BCUT2D eigenvalue weighted by Crippen LogP contribution is 2.35. The summed E-state index contributed by atoms with van der Waals surface area (Å²) >= 11 is 6.68. The number of ether oxygens (including phenoxy) is 2. The predicted octanol–water partition coefficient (Wildman–Crippen LogP) is 3.66. The van der Waals surface area contributed by atoms with Crippen molar-refractivity contribution in [2.75, 3.05) is 18.6 Å². The standard InChI is InChI=1S/C21H16Br2N2O7/c1-10-5-12(3-4-14(10)22)25-20(29)13(19(28)24-21(25)30)6-11-7-16(31-2)17(8-15(11)23)32-9-18(26)27/h3-8H,9H2,1-2H3,(H,26,27)(H,24,28,30)/b13-6+. The zero-order valence-electron chi connectivity index (χ0n) is 16.8. The van der Waals surface area contributed by atoms with Crippen LogP contribution in [0, 0.1) is 6.92 Å². The van der Waals surface area contributed by atoms with E-state index >= 15 is 0 Å². The summed E-state index contributed by atoms with van der Waals surface area (Å²) in [7, 11) is 1.36. The van der Waals surface area contributed by atoms with Crippen LogP contribution in [0.25, 0.3) is 6.08 Å². The molecule has 1 fully saturated rings. The molecule has 1 aliphatic heterocycles. The van der Waals surface area contributed by atoms with Crippen LogP contribution in [-0.2, 0) is 14.4 Å². The average molecular weight is 568 g/mol. The van der Waals surface area contributed by atoms with Crippen LogP contribution in [-0.4, -0.2) is 42.6 Å². The first kappa shape index (κ1) is 23.5. The molecule has 2 aromatic carbocycles. The number of nitrogens with one attached hydrogen (secondary N) is 1. The lowest BCUT2D eigenvalue weighted by atomic mass is 10.1. The van der Waals surface area contributed by atoms with Gasteiger partial charge in [-0.25, -0.2) is 14.5 Å². The van der Waals surface area contributed by atoms with E-state index in [9.17, 15) is 19.2 Å². The second-order valence-corrected chi connectivity index (χ2v) is 8.31. The minimum Gasteiger partial charge on any atom is -0.493 e. The van der Waals surface area contributed by atoms with E-state index in [1.165, 1.54) is 25.3 Å². The third kappa shape index (κ3) is 4.83. The average Bonchev–Trinajstić information content (AvgIpc) is 2.72. The van der Waals surface area contributed by atoms with Gasteiger partial charge in [-0.05, 0) is 54.5 Å². The van der Waals surface area contributed by atoms with Crippen molar-refractivity contribution in [2.24, 2.45) is 0 Å². The van der Waals surface area contributed by atoms with Crippen LogP contribution in [0.5, 0.6) is 11.5 Å². The van der Waals surface area contributed by atoms with Gasteiger partial charge in [-0.15, -0.1) is 0 Å². The van der Waals surface area contributed by atoms with Gasteiger partial charge in [0.1, 0.15) is 5.57 Å². The lowest BCUT2D eigenvalue weighted by Gasteiger charge is -2.26. The number of carbonyl (C=O) groups is 4. The first-order valence-corrected chi connectivity index (χ1v) is 10.6. The molecule has 32 heavy (non-hydrogen) atoms. The number of benzene rings is 2. The van der Waals surface area contributed by atoms with Crippen molar-refractivity contribution < 1.29 is 33.8 Å². The van der Waals surface area contributed by atoms with E-state index in [-0.39, 0.29) is 17.1 Å². The van der Waals surface area contributed by atoms with Crippen molar-refractivity contribution in [3.63, 3.8) is 0 Å². The van der Waals surface area contributed by atoms with Crippen molar-refractivity contribution in [1.82, 2.24) is 5.32 Å². The van der Waals surface area contributed by atoms with Crippen LogP contribution >= 0.6 is 31.9 Å². The van der Waals surface area contributed by atoms with E-state index in [1.807, 2.05) is 0 Å². The topological polar surface area (TPSA) is 122 Å². The molecule has 0 aliphatic carbocycles. The zero-order valence-corrected chi connectivity index (χ0v) is 19.9. The molecular formula is C21H16Br2N2O7. The Bertz CT molecular complexity index is 1180. The highest BCUT2D eigenvalue weighted by atomic mass is 79.9. The van der Waals surface area contributed by atoms with Gasteiger partial charge in [-0.1, -0.05) is 31.9 Å². The molecular weight excluding hydrogens is 552 g/mol. The fraction of sp³-hybridized carbons (Fsp3) is 0.143. The summed E-state index contributed by atoms with van der Waals surface area (Å²) in [5, 5.41) is 11.0. The van der Waals surface area contributed by atoms with Crippen LogP contribution < -0.4 is 19.7 Å². The number of methoxy groups -OCH3 is 1. The summed E-state index contributed by atoms with van der Waals surface area (Å²) < 4.78 is 11.6. The molecule has 166 valence electrons. The Morgan fingerprint density at radius 2 is 1.84 bits per heavy atom. The fourth-order valence-corrected chi connectivity index (χ4v) is 3.57. The third-order valence-electron chi connectivity index (χ3n) is 4.44. The maximum Gasteiger partial charge on any atom is 0.341 e. The number of halogens is 2. The van der Waals surface area contributed by atoms with Gasteiger partial charge in [0.15, 0.2) is 18.1 Å². The Hall–Kier alpha value is -3.18. The lowest BCUT2D eigenvalue weighted by Crippen LogP contribution is -2.54. The van der Waals surface area contributed by atoms with Crippen LogP contribution in [0.15, 0.2) is 44.9 Å². The molecule has 1 aliphatic rings. The molecule has 0 aromatic heterocycles. The smallest absolute Gasteiger partial charge is 0.341 e. The largest absolute Gasteiger partial charge is 0.493 e. The number of amides is 4. The number of hydrogen-bond donors (Lipinski definition) is 2. The van der Waals surface area contributed by atoms with Gasteiger partial charge in [0.2, 0.25) is 0 Å². The summed E-state index contributed by atoms with van der Waals surface area (Å²) in [6.45, 7) is 1.23. The van der Waals surface area contributed by atoms with Gasteiger partial charge in [-0.2, -0.15) is 0 Å². The summed E-state index contributed by atoms with van der Waals surface area (Å²) in [6, 6.07) is 6.99. The van der Waals surface area contributed by atoms with Crippen LogP contribution in [0.1, 0.15) is 11.1 Å². The van der Waals surface area contributed by atoms with Crippen molar-refractivity contribution in [3.05, 3.63) is 56.0 Å². The number of anilines is 1. The molecule has 11 heteroatoms. The predicted molar refractivity (Wildman–Crippen MR) is 122 cm³/mol. The lowest BCUT2D eigenvalue weighted by molar-refractivity contribution is -0.139. The van der Waals surface area contributed by atoms with Crippen molar-refractivity contribution in [2.45, 2.75) is 6.92 Å². The molecule has 1 saturated heterocycles. The first-order valence-electron chi connectivity index (χ1n) is 9.02. The minimum absolute atomic E-state index is 0.158. The summed E-state index contributed by atoms with van der Waals surface area (Å²) in [4.78, 5) is 49.6. The normalized spacial score (nSPS) is 15.1. The number of imide groups is 2. The van der Waals surface area contributed by atoms with E-state index < -0.39 is 30.4 Å². The molecule has 0 bridgehead atoms. The number of aliphatic carboxylic acids is 1. The van der Waals surface area contributed by atoms with Gasteiger partial charge in [0.25, 0.3) is 11.8 Å². The highest BCUT2D eigenvalue weighted by molar-refractivity contribution is 9.10. The highest BCUT2D eigenvalue weighted by Gasteiger charge is 2.37.